The van der Waals surface area contributed by atoms with E-state index in [0.717, 1.165) is 0 Å². The lowest BCUT2D eigenvalue weighted by molar-refractivity contribution is -0.122. The SMILES string of the molecule is CNC(=O)COc1ccc(S(=O)(=O)Nc2ccccc2Br)cc1. The fourth-order valence-corrected chi connectivity index (χ4v) is 3.28. The molecule has 0 spiro atoms. The van der Waals surface area contributed by atoms with Crippen molar-refractivity contribution >= 4 is 37.5 Å². The van der Waals surface area contributed by atoms with Crippen LogP contribution in [0.1, 0.15) is 0 Å². The second-order valence-electron chi connectivity index (χ2n) is 4.52. The van der Waals surface area contributed by atoms with Crippen LogP contribution in [-0.4, -0.2) is 28.0 Å². The Hall–Kier alpha value is -2.06. The van der Waals surface area contributed by atoms with Gasteiger partial charge in [0.2, 0.25) is 0 Å². The topological polar surface area (TPSA) is 84.5 Å². The van der Waals surface area contributed by atoms with Crippen LogP contribution in [0, 0.1) is 0 Å². The van der Waals surface area contributed by atoms with Gasteiger partial charge < -0.3 is 10.1 Å². The number of likely N-dealkylation sites (N-methyl/N-ethyl adjacent to an activating group) is 1. The number of rotatable bonds is 6. The van der Waals surface area contributed by atoms with E-state index < -0.39 is 10.0 Å². The molecule has 0 fully saturated rings. The second kappa shape index (κ2) is 7.47. The van der Waals surface area contributed by atoms with Crippen molar-refractivity contribution in [2.45, 2.75) is 4.90 Å². The Labute approximate surface area is 143 Å². The molecule has 0 saturated carbocycles. The van der Waals surface area contributed by atoms with Crippen molar-refractivity contribution in [1.29, 1.82) is 0 Å². The van der Waals surface area contributed by atoms with Crippen molar-refractivity contribution in [2.24, 2.45) is 0 Å². The van der Waals surface area contributed by atoms with E-state index in [4.69, 9.17) is 4.74 Å². The molecular weight excluding hydrogens is 384 g/mol. The molecule has 1 amide bonds. The third kappa shape index (κ3) is 4.70. The van der Waals surface area contributed by atoms with Crippen LogP contribution in [0.2, 0.25) is 0 Å². The molecule has 2 N–H and O–H groups in total. The molecule has 0 aliphatic heterocycles. The fraction of sp³-hybridized carbons (Fsp3) is 0.133. The van der Waals surface area contributed by atoms with Crippen LogP contribution >= 0.6 is 15.9 Å². The lowest BCUT2D eigenvalue weighted by Crippen LogP contribution is -2.24. The van der Waals surface area contributed by atoms with Crippen LogP contribution in [0.4, 0.5) is 5.69 Å². The Morgan fingerprint density at radius 3 is 2.39 bits per heavy atom. The highest BCUT2D eigenvalue weighted by atomic mass is 79.9. The van der Waals surface area contributed by atoms with Gasteiger partial charge in [-0.1, -0.05) is 12.1 Å². The third-order valence-corrected chi connectivity index (χ3v) is 4.97. The Morgan fingerprint density at radius 2 is 1.78 bits per heavy atom. The summed E-state index contributed by atoms with van der Waals surface area (Å²) >= 11 is 3.29. The Bertz CT molecular complexity index is 791. The van der Waals surface area contributed by atoms with Gasteiger partial charge in [0, 0.05) is 11.5 Å². The summed E-state index contributed by atoms with van der Waals surface area (Å²) in [7, 11) is -2.19. The smallest absolute Gasteiger partial charge is 0.261 e. The average molecular weight is 399 g/mol. The first-order valence-corrected chi connectivity index (χ1v) is 8.91. The summed E-state index contributed by atoms with van der Waals surface area (Å²) in [5.74, 6) is 0.144. The number of nitrogens with one attached hydrogen (secondary N) is 2. The number of hydrogen-bond donors (Lipinski definition) is 2. The van der Waals surface area contributed by atoms with Crippen molar-refractivity contribution in [1.82, 2.24) is 5.32 Å². The van der Waals surface area contributed by atoms with E-state index in [0.29, 0.717) is 15.9 Å². The first-order chi connectivity index (χ1) is 10.9. The summed E-state index contributed by atoms with van der Waals surface area (Å²) in [6, 6.07) is 12.8. The maximum Gasteiger partial charge on any atom is 0.261 e. The van der Waals surface area contributed by atoms with Crippen molar-refractivity contribution in [3.05, 3.63) is 53.0 Å². The highest BCUT2D eigenvalue weighted by Crippen LogP contribution is 2.25. The molecule has 23 heavy (non-hydrogen) atoms. The molecule has 0 aliphatic carbocycles. The molecule has 0 aliphatic rings. The number of amides is 1. The van der Waals surface area contributed by atoms with E-state index in [-0.39, 0.29) is 17.4 Å². The normalized spacial score (nSPS) is 10.9. The van der Waals surface area contributed by atoms with Gasteiger partial charge in [0.15, 0.2) is 6.61 Å². The molecule has 122 valence electrons. The van der Waals surface area contributed by atoms with Crippen LogP contribution in [0.3, 0.4) is 0 Å². The highest BCUT2D eigenvalue weighted by molar-refractivity contribution is 9.10. The monoisotopic (exact) mass is 398 g/mol. The largest absolute Gasteiger partial charge is 0.484 e. The molecule has 0 aromatic heterocycles. The van der Waals surface area contributed by atoms with E-state index in [9.17, 15) is 13.2 Å². The number of hydrogen-bond acceptors (Lipinski definition) is 4. The lowest BCUT2D eigenvalue weighted by Gasteiger charge is -2.10. The second-order valence-corrected chi connectivity index (χ2v) is 7.06. The summed E-state index contributed by atoms with van der Waals surface area (Å²) in [6.45, 7) is -0.127. The molecule has 6 nitrogen and oxygen atoms in total. The molecule has 2 aromatic carbocycles. The van der Waals surface area contributed by atoms with E-state index in [2.05, 4.69) is 26.0 Å². The number of sulfonamides is 1. The van der Waals surface area contributed by atoms with Crippen LogP contribution in [0.5, 0.6) is 5.75 Å². The maximum absolute atomic E-state index is 12.3. The minimum absolute atomic E-state index is 0.0977. The quantitative estimate of drug-likeness (QED) is 0.781. The fourth-order valence-electron chi connectivity index (χ4n) is 1.68. The zero-order valence-corrected chi connectivity index (χ0v) is 14.6. The first-order valence-electron chi connectivity index (χ1n) is 6.63. The molecule has 0 bridgehead atoms. The minimum atomic E-state index is -3.70. The Balaban J connectivity index is 2.11. The standard InChI is InChI=1S/C15H15BrN2O4S/c1-17-15(19)10-22-11-6-8-12(9-7-11)23(20,21)18-14-5-3-2-4-13(14)16/h2-9,18H,10H2,1H3,(H,17,19). The Kier molecular flexibility index (Phi) is 5.62. The number of carbonyl (C=O) groups is 1. The molecule has 0 heterocycles. The minimum Gasteiger partial charge on any atom is -0.484 e. The summed E-state index contributed by atoms with van der Waals surface area (Å²) in [5.41, 5.74) is 0.451. The first kappa shape index (κ1) is 17.3. The van der Waals surface area contributed by atoms with Crippen LogP contribution in [0.15, 0.2) is 57.9 Å². The van der Waals surface area contributed by atoms with Crippen molar-refractivity contribution < 1.29 is 17.9 Å². The van der Waals surface area contributed by atoms with Crippen LogP contribution in [0.25, 0.3) is 0 Å². The zero-order chi connectivity index (χ0) is 16.9. The number of para-hydroxylation sites is 1. The predicted molar refractivity (Wildman–Crippen MR) is 91.0 cm³/mol. The Morgan fingerprint density at radius 1 is 1.13 bits per heavy atom. The predicted octanol–water partition coefficient (Wildman–Crippen LogP) is 2.37. The molecule has 0 radical (unpaired) electrons. The summed E-state index contributed by atoms with van der Waals surface area (Å²) < 4.78 is 33.1. The van der Waals surface area contributed by atoms with Crippen molar-refractivity contribution in [3.63, 3.8) is 0 Å². The van der Waals surface area contributed by atoms with Gasteiger partial charge in [-0.05, 0) is 52.3 Å². The molecule has 2 aromatic rings. The highest BCUT2D eigenvalue weighted by Gasteiger charge is 2.15. The third-order valence-electron chi connectivity index (χ3n) is 2.90. The van der Waals surface area contributed by atoms with Gasteiger partial charge in [-0.3, -0.25) is 9.52 Å². The maximum atomic E-state index is 12.3. The van der Waals surface area contributed by atoms with E-state index >= 15 is 0 Å². The summed E-state index contributed by atoms with van der Waals surface area (Å²) in [4.78, 5) is 11.2. The molecule has 2 rings (SSSR count). The molecular formula is C15H15BrN2O4S. The van der Waals surface area contributed by atoms with Gasteiger partial charge in [-0.15, -0.1) is 0 Å². The number of ether oxygens (including phenoxy) is 1. The van der Waals surface area contributed by atoms with Gasteiger partial charge in [-0.2, -0.15) is 0 Å². The molecule has 0 atom stereocenters. The van der Waals surface area contributed by atoms with Gasteiger partial charge in [0.05, 0.1) is 10.6 Å². The van der Waals surface area contributed by atoms with Crippen molar-refractivity contribution in [2.75, 3.05) is 18.4 Å². The summed E-state index contributed by atoms with van der Waals surface area (Å²) in [6.07, 6.45) is 0. The zero-order valence-electron chi connectivity index (χ0n) is 12.2. The number of carbonyl (C=O) groups excluding carboxylic acids is 1. The van der Waals surface area contributed by atoms with E-state index in [1.54, 1.807) is 24.3 Å². The van der Waals surface area contributed by atoms with Crippen molar-refractivity contribution in [3.8, 4) is 5.75 Å². The number of benzene rings is 2. The number of halogens is 1. The average Bonchev–Trinajstić information content (AvgIpc) is 2.55. The molecule has 0 saturated heterocycles. The van der Waals surface area contributed by atoms with Crippen LogP contribution in [-0.2, 0) is 14.8 Å². The van der Waals surface area contributed by atoms with Gasteiger partial charge >= 0.3 is 0 Å². The van der Waals surface area contributed by atoms with E-state index in [1.807, 2.05) is 0 Å². The molecule has 0 unspecified atom stereocenters. The van der Waals surface area contributed by atoms with Gasteiger partial charge in [-0.25, -0.2) is 8.42 Å². The summed E-state index contributed by atoms with van der Waals surface area (Å²) in [5, 5.41) is 2.43. The van der Waals surface area contributed by atoms with Gasteiger partial charge in [0.25, 0.3) is 15.9 Å². The number of anilines is 1. The van der Waals surface area contributed by atoms with E-state index in [1.165, 1.54) is 31.3 Å². The lowest BCUT2D eigenvalue weighted by atomic mass is 10.3. The van der Waals surface area contributed by atoms with Crippen LogP contribution < -0.4 is 14.8 Å². The van der Waals surface area contributed by atoms with Gasteiger partial charge in [0.1, 0.15) is 5.75 Å². The molecule has 8 heteroatoms.